The first kappa shape index (κ1) is 18.5. The Kier molecular flexibility index (Phi) is 5.29. The Balaban J connectivity index is 1.31. The Bertz CT molecular complexity index is 861. The first-order valence-electron chi connectivity index (χ1n) is 10.1. The molecule has 1 amide bonds. The molecule has 1 aromatic heterocycles. The average molecular weight is 374 g/mol. The molecular weight excluding hydrogens is 348 g/mol. The van der Waals surface area contributed by atoms with Gasteiger partial charge in [-0.2, -0.15) is 5.26 Å². The minimum absolute atomic E-state index is 0.124. The molecule has 2 saturated heterocycles. The molecule has 0 aliphatic carbocycles. The van der Waals surface area contributed by atoms with Crippen molar-refractivity contribution in [2.24, 2.45) is 5.92 Å². The SMILES string of the molecule is Cc1ccc(C2CCN(C(=O)C3CCN(c4ccc(C#N)nc4)CC3)C2)cc1. The zero-order valence-electron chi connectivity index (χ0n) is 16.3. The van der Waals surface area contributed by atoms with E-state index in [9.17, 15) is 4.79 Å². The summed E-state index contributed by atoms with van der Waals surface area (Å²) >= 11 is 0. The molecule has 0 bridgehead atoms. The van der Waals surface area contributed by atoms with E-state index in [1.165, 1.54) is 11.1 Å². The van der Waals surface area contributed by atoms with E-state index in [0.29, 0.717) is 17.5 Å². The molecule has 0 N–H and O–H groups in total. The topological polar surface area (TPSA) is 60.2 Å². The summed E-state index contributed by atoms with van der Waals surface area (Å²) in [6, 6.07) is 14.5. The van der Waals surface area contributed by atoms with E-state index in [2.05, 4.69) is 46.0 Å². The predicted octanol–water partition coefficient (Wildman–Crippen LogP) is 3.49. The molecule has 5 nitrogen and oxygen atoms in total. The maximum absolute atomic E-state index is 13.0. The van der Waals surface area contributed by atoms with Gasteiger partial charge in [-0.25, -0.2) is 4.98 Å². The molecule has 2 fully saturated rings. The molecule has 2 aliphatic rings. The van der Waals surface area contributed by atoms with Crippen LogP contribution in [0.5, 0.6) is 0 Å². The predicted molar refractivity (Wildman–Crippen MR) is 109 cm³/mol. The van der Waals surface area contributed by atoms with E-state index in [1.807, 2.05) is 12.1 Å². The molecule has 5 heteroatoms. The fourth-order valence-electron chi connectivity index (χ4n) is 4.35. The molecule has 1 atom stereocenters. The van der Waals surface area contributed by atoms with Gasteiger partial charge >= 0.3 is 0 Å². The number of pyridine rings is 1. The van der Waals surface area contributed by atoms with Gasteiger partial charge in [-0.15, -0.1) is 0 Å². The Hall–Kier alpha value is -2.87. The molecule has 1 aromatic carbocycles. The van der Waals surface area contributed by atoms with Crippen molar-refractivity contribution < 1.29 is 4.79 Å². The summed E-state index contributed by atoms with van der Waals surface area (Å²) in [6.07, 6.45) is 4.58. The fourth-order valence-corrected chi connectivity index (χ4v) is 4.35. The summed E-state index contributed by atoms with van der Waals surface area (Å²) < 4.78 is 0. The third-order valence-electron chi connectivity index (χ3n) is 6.12. The number of hydrogen-bond donors (Lipinski definition) is 0. The quantitative estimate of drug-likeness (QED) is 0.825. The number of aromatic nitrogens is 1. The highest BCUT2D eigenvalue weighted by Gasteiger charge is 2.33. The number of hydrogen-bond acceptors (Lipinski definition) is 4. The highest BCUT2D eigenvalue weighted by molar-refractivity contribution is 5.79. The number of carbonyl (C=O) groups excluding carboxylic acids is 1. The Labute approximate surface area is 166 Å². The highest BCUT2D eigenvalue weighted by atomic mass is 16.2. The largest absolute Gasteiger partial charge is 0.370 e. The van der Waals surface area contributed by atoms with Crippen LogP contribution in [0.1, 0.15) is 42.0 Å². The second kappa shape index (κ2) is 8.02. The van der Waals surface area contributed by atoms with E-state index in [-0.39, 0.29) is 5.92 Å². The first-order chi connectivity index (χ1) is 13.6. The zero-order valence-corrected chi connectivity index (χ0v) is 16.3. The van der Waals surface area contributed by atoms with E-state index < -0.39 is 0 Å². The van der Waals surface area contributed by atoms with Gasteiger partial charge in [-0.1, -0.05) is 29.8 Å². The average Bonchev–Trinajstić information content (AvgIpc) is 3.24. The van der Waals surface area contributed by atoms with Crippen LogP contribution in [0.4, 0.5) is 5.69 Å². The molecule has 2 aromatic rings. The zero-order chi connectivity index (χ0) is 19.5. The minimum Gasteiger partial charge on any atom is -0.370 e. The fraction of sp³-hybridized carbons (Fsp3) is 0.435. The minimum atomic E-state index is 0.124. The van der Waals surface area contributed by atoms with E-state index in [0.717, 1.165) is 51.1 Å². The molecule has 0 spiro atoms. The number of nitrogens with zero attached hydrogens (tertiary/aromatic N) is 4. The molecule has 2 aliphatic heterocycles. The van der Waals surface area contributed by atoms with Crippen molar-refractivity contribution >= 4 is 11.6 Å². The summed E-state index contributed by atoms with van der Waals surface area (Å²) in [5.74, 6) is 0.918. The van der Waals surface area contributed by atoms with Gasteiger partial charge in [0.2, 0.25) is 5.91 Å². The Morgan fingerprint density at radius 3 is 2.46 bits per heavy atom. The summed E-state index contributed by atoms with van der Waals surface area (Å²) in [7, 11) is 0. The van der Waals surface area contributed by atoms with Crippen molar-refractivity contribution in [2.45, 2.75) is 32.1 Å². The second-order valence-corrected chi connectivity index (χ2v) is 7.96. The molecule has 3 heterocycles. The number of aryl methyl sites for hydroxylation is 1. The van der Waals surface area contributed by atoms with Crippen LogP contribution in [0.2, 0.25) is 0 Å². The number of amides is 1. The third-order valence-corrected chi connectivity index (χ3v) is 6.12. The van der Waals surface area contributed by atoms with Crippen molar-refractivity contribution in [3.05, 3.63) is 59.4 Å². The van der Waals surface area contributed by atoms with Gasteiger partial charge in [-0.05, 0) is 43.9 Å². The number of carbonyl (C=O) groups is 1. The standard InChI is InChI=1S/C23H26N4O/c1-17-2-4-18(5-3-17)20-10-13-27(16-20)23(28)19-8-11-26(12-9-19)22-7-6-21(14-24)25-15-22/h2-7,15,19-20H,8-13,16H2,1H3. The Morgan fingerprint density at radius 2 is 1.82 bits per heavy atom. The van der Waals surface area contributed by atoms with E-state index >= 15 is 0 Å². The lowest BCUT2D eigenvalue weighted by Gasteiger charge is -2.34. The molecule has 28 heavy (non-hydrogen) atoms. The molecule has 0 saturated carbocycles. The third kappa shape index (κ3) is 3.87. The van der Waals surface area contributed by atoms with Crippen LogP contribution < -0.4 is 4.90 Å². The number of piperidine rings is 1. The summed E-state index contributed by atoms with van der Waals surface area (Å²) in [4.78, 5) is 21.5. The molecule has 144 valence electrons. The lowest BCUT2D eigenvalue weighted by molar-refractivity contribution is -0.135. The number of likely N-dealkylation sites (tertiary alicyclic amines) is 1. The molecule has 0 radical (unpaired) electrons. The number of rotatable bonds is 3. The van der Waals surface area contributed by atoms with Gasteiger partial charge in [0.1, 0.15) is 11.8 Å². The van der Waals surface area contributed by atoms with Gasteiger partial charge in [0, 0.05) is 38.0 Å². The van der Waals surface area contributed by atoms with E-state index in [1.54, 1.807) is 12.3 Å². The van der Waals surface area contributed by atoms with Crippen LogP contribution in [-0.4, -0.2) is 42.0 Å². The monoisotopic (exact) mass is 374 g/mol. The van der Waals surface area contributed by atoms with Gasteiger partial charge in [0.25, 0.3) is 0 Å². The maximum atomic E-state index is 13.0. The number of anilines is 1. The van der Waals surface area contributed by atoms with Gasteiger partial charge in [-0.3, -0.25) is 4.79 Å². The van der Waals surface area contributed by atoms with Crippen LogP contribution in [0.3, 0.4) is 0 Å². The molecular formula is C23H26N4O. The molecule has 4 rings (SSSR count). The lowest BCUT2D eigenvalue weighted by Crippen LogP contribution is -2.41. The highest BCUT2D eigenvalue weighted by Crippen LogP contribution is 2.31. The van der Waals surface area contributed by atoms with E-state index in [4.69, 9.17) is 5.26 Å². The van der Waals surface area contributed by atoms with Crippen molar-refractivity contribution in [3.8, 4) is 6.07 Å². The van der Waals surface area contributed by atoms with Crippen molar-refractivity contribution in [3.63, 3.8) is 0 Å². The molecule has 1 unspecified atom stereocenters. The first-order valence-corrected chi connectivity index (χ1v) is 10.1. The summed E-state index contributed by atoms with van der Waals surface area (Å²) in [6.45, 7) is 5.55. The van der Waals surface area contributed by atoms with Crippen LogP contribution in [0.25, 0.3) is 0 Å². The number of benzene rings is 1. The van der Waals surface area contributed by atoms with Gasteiger partial charge < -0.3 is 9.80 Å². The van der Waals surface area contributed by atoms with Crippen LogP contribution in [0, 0.1) is 24.2 Å². The summed E-state index contributed by atoms with van der Waals surface area (Å²) in [5.41, 5.74) is 4.10. The normalized spacial score (nSPS) is 20.2. The smallest absolute Gasteiger partial charge is 0.225 e. The van der Waals surface area contributed by atoms with Crippen LogP contribution in [-0.2, 0) is 4.79 Å². The lowest BCUT2D eigenvalue weighted by atomic mass is 9.94. The summed E-state index contributed by atoms with van der Waals surface area (Å²) in [5, 5.41) is 8.87. The number of nitriles is 1. The Morgan fingerprint density at radius 1 is 1.07 bits per heavy atom. The second-order valence-electron chi connectivity index (χ2n) is 7.96. The van der Waals surface area contributed by atoms with Crippen LogP contribution >= 0.6 is 0 Å². The van der Waals surface area contributed by atoms with Gasteiger partial charge in [0.15, 0.2) is 0 Å². The van der Waals surface area contributed by atoms with Crippen molar-refractivity contribution in [2.75, 3.05) is 31.1 Å². The van der Waals surface area contributed by atoms with Gasteiger partial charge in [0.05, 0.1) is 11.9 Å². The van der Waals surface area contributed by atoms with Crippen LogP contribution in [0.15, 0.2) is 42.6 Å². The maximum Gasteiger partial charge on any atom is 0.225 e. The van der Waals surface area contributed by atoms with Crippen molar-refractivity contribution in [1.29, 1.82) is 5.26 Å². The van der Waals surface area contributed by atoms with Crippen molar-refractivity contribution in [1.82, 2.24) is 9.88 Å².